The number of aliphatic hydroxyl groups is 1. The van der Waals surface area contributed by atoms with Gasteiger partial charge >= 0.3 is 0 Å². The van der Waals surface area contributed by atoms with Gasteiger partial charge in [-0.25, -0.2) is 9.37 Å². The van der Waals surface area contributed by atoms with Crippen molar-refractivity contribution in [2.75, 3.05) is 13.6 Å². The first-order valence-electron chi connectivity index (χ1n) is 7.19. The van der Waals surface area contributed by atoms with Crippen molar-refractivity contribution in [2.24, 2.45) is 5.92 Å². The van der Waals surface area contributed by atoms with Crippen LogP contribution < -0.4 is 0 Å². The third-order valence-corrected chi connectivity index (χ3v) is 4.68. The summed E-state index contributed by atoms with van der Waals surface area (Å²) in [5, 5.41) is 12.3. The van der Waals surface area contributed by atoms with Gasteiger partial charge in [0.2, 0.25) is 0 Å². The Morgan fingerprint density at radius 2 is 2.14 bits per heavy atom. The number of aliphatic hydroxyl groups excluding tert-OH is 1. The molecule has 1 aromatic carbocycles. The lowest BCUT2D eigenvalue weighted by atomic mass is 10.2. The zero-order valence-corrected chi connectivity index (χ0v) is 13.0. The lowest BCUT2D eigenvalue weighted by molar-refractivity contribution is 0.0641. The Bertz CT molecular complexity index is 667. The Kier molecular flexibility index (Phi) is 4.22. The van der Waals surface area contributed by atoms with Crippen molar-refractivity contribution >= 4 is 17.2 Å². The van der Waals surface area contributed by atoms with Gasteiger partial charge in [-0.05, 0) is 43.0 Å². The number of benzene rings is 1. The molecule has 1 unspecified atom stereocenters. The van der Waals surface area contributed by atoms with E-state index in [1.807, 2.05) is 0 Å². The van der Waals surface area contributed by atoms with Crippen LogP contribution in [0.2, 0.25) is 0 Å². The minimum Gasteiger partial charge on any atom is -0.391 e. The Morgan fingerprint density at radius 1 is 1.45 bits per heavy atom. The van der Waals surface area contributed by atoms with E-state index in [4.69, 9.17) is 0 Å². The number of hydrogen-bond acceptors (Lipinski definition) is 4. The van der Waals surface area contributed by atoms with E-state index in [9.17, 15) is 14.3 Å². The number of thiazole rings is 1. The van der Waals surface area contributed by atoms with Gasteiger partial charge < -0.3 is 10.0 Å². The molecule has 2 aromatic rings. The molecule has 3 rings (SSSR count). The molecule has 4 nitrogen and oxygen atoms in total. The van der Waals surface area contributed by atoms with E-state index in [1.54, 1.807) is 24.6 Å². The summed E-state index contributed by atoms with van der Waals surface area (Å²) >= 11 is 1.35. The number of carbonyl (C=O) groups excluding carboxylic acids is 1. The third kappa shape index (κ3) is 3.34. The standard InChI is InChI=1S/C16H17FN2O2S/c1-19(8-14(20)10-2-3-10)16(21)13-9-22-15(18-13)11-4-6-12(17)7-5-11/h4-7,9-10,14,20H,2-3,8H2,1H3. The van der Waals surface area contributed by atoms with Crippen LogP contribution in [-0.4, -0.2) is 40.6 Å². The smallest absolute Gasteiger partial charge is 0.273 e. The first-order chi connectivity index (χ1) is 10.5. The quantitative estimate of drug-likeness (QED) is 0.921. The maximum atomic E-state index is 12.9. The zero-order chi connectivity index (χ0) is 15.7. The highest BCUT2D eigenvalue weighted by atomic mass is 32.1. The van der Waals surface area contributed by atoms with Crippen molar-refractivity contribution in [1.82, 2.24) is 9.88 Å². The highest BCUT2D eigenvalue weighted by molar-refractivity contribution is 7.13. The molecule has 22 heavy (non-hydrogen) atoms. The van der Waals surface area contributed by atoms with Crippen LogP contribution in [0, 0.1) is 11.7 Å². The van der Waals surface area contributed by atoms with E-state index in [1.165, 1.54) is 28.4 Å². The minimum atomic E-state index is -0.454. The van der Waals surface area contributed by atoms with Crippen molar-refractivity contribution in [1.29, 1.82) is 0 Å². The number of amides is 1. The fourth-order valence-corrected chi connectivity index (χ4v) is 3.09. The largest absolute Gasteiger partial charge is 0.391 e. The number of hydrogen-bond donors (Lipinski definition) is 1. The second-order valence-corrected chi connectivity index (χ2v) is 6.49. The van der Waals surface area contributed by atoms with Crippen LogP contribution in [0.15, 0.2) is 29.6 Å². The summed E-state index contributed by atoms with van der Waals surface area (Å²) < 4.78 is 12.9. The van der Waals surface area contributed by atoms with Crippen LogP contribution in [0.1, 0.15) is 23.3 Å². The molecule has 0 saturated heterocycles. The first kappa shape index (κ1) is 15.1. The molecule has 1 heterocycles. The summed E-state index contributed by atoms with van der Waals surface area (Å²) in [5.41, 5.74) is 1.14. The molecule has 6 heteroatoms. The molecular formula is C16H17FN2O2S. The number of halogens is 1. The summed E-state index contributed by atoms with van der Waals surface area (Å²) in [4.78, 5) is 18.1. The maximum Gasteiger partial charge on any atom is 0.273 e. The summed E-state index contributed by atoms with van der Waals surface area (Å²) in [7, 11) is 1.67. The molecule has 1 fully saturated rings. The molecule has 1 aliphatic carbocycles. The van der Waals surface area contributed by atoms with Crippen molar-refractivity contribution < 1.29 is 14.3 Å². The Labute approximate surface area is 132 Å². The molecule has 0 radical (unpaired) electrons. The monoisotopic (exact) mass is 320 g/mol. The number of nitrogens with zero attached hydrogens (tertiary/aromatic N) is 2. The van der Waals surface area contributed by atoms with Gasteiger partial charge in [0.1, 0.15) is 16.5 Å². The van der Waals surface area contributed by atoms with Crippen LogP contribution in [-0.2, 0) is 0 Å². The predicted molar refractivity (Wildman–Crippen MR) is 83.2 cm³/mol. The molecule has 1 aliphatic rings. The lowest BCUT2D eigenvalue weighted by Gasteiger charge is -2.19. The molecule has 1 N–H and O–H groups in total. The number of carbonyl (C=O) groups is 1. The summed E-state index contributed by atoms with van der Waals surface area (Å²) in [6, 6.07) is 6.03. The Morgan fingerprint density at radius 3 is 2.77 bits per heavy atom. The maximum absolute atomic E-state index is 12.9. The van der Waals surface area contributed by atoms with Crippen molar-refractivity contribution in [3.8, 4) is 10.6 Å². The second-order valence-electron chi connectivity index (χ2n) is 5.64. The van der Waals surface area contributed by atoms with Gasteiger partial charge in [0, 0.05) is 24.5 Å². The molecule has 0 spiro atoms. The topological polar surface area (TPSA) is 53.4 Å². The molecular weight excluding hydrogens is 303 g/mol. The predicted octanol–water partition coefficient (Wildman–Crippen LogP) is 2.79. The average Bonchev–Trinajstić information content (AvgIpc) is 3.25. The van der Waals surface area contributed by atoms with Gasteiger partial charge in [0.15, 0.2) is 0 Å². The van der Waals surface area contributed by atoms with Gasteiger partial charge in [0.05, 0.1) is 6.10 Å². The van der Waals surface area contributed by atoms with Crippen LogP contribution in [0.3, 0.4) is 0 Å². The fraction of sp³-hybridized carbons (Fsp3) is 0.375. The molecule has 0 bridgehead atoms. The van der Waals surface area contributed by atoms with Gasteiger partial charge in [0.25, 0.3) is 5.91 Å². The first-order valence-corrected chi connectivity index (χ1v) is 8.07. The van der Waals surface area contributed by atoms with E-state index in [0.29, 0.717) is 23.2 Å². The van der Waals surface area contributed by atoms with Crippen molar-refractivity contribution in [3.63, 3.8) is 0 Å². The molecule has 1 amide bonds. The van der Waals surface area contributed by atoms with Crippen LogP contribution in [0.4, 0.5) is 4.39 Å². The van der Waals surface area contributed by atoms with E-state index in [-0.39, 0.29) is 11.7 Å². The molecule has 1 saturated carbocycles. The van der Waals surface area contributed by atoms with Crippen LogP contribution in [0.25, 0.3) is 10.6 Å². The summed E-state index contributed by atoms with van der Waals surface area (Å²) in [6.45, 7) is 0.326. The Balaban J connectivity index is 1.69. The van der Waals surface area contributed by atoms with E-state index in [2.05, 4.69) is 4.98 Å². The molecule has 0 aliphatic heterocycles. The number of rotatable bonds is 5. The van der Waals surface area contributed by atoms with Crippen molar-refractivity contribution in [2.45, 2.75) is 18.9 Å². The zero-order valence-electron chi connectivity index (χ0n) is 12.2. The number of aromatic nitrogens is 1. The normalized spacial score (nSPS) is 15.6. The van der Waals surface area contributed by atoms with Crippen LogP contribution in [0.5, 0.6) is 0 Å². The third-order valence-electron chi connectivity index (χ3n) is 3.79. The lowest BCUT2D eigenvalue weighted by Crippen LogP contribution is -2.35. The van der Waals surface area contributed by atoms with E-state index in [0.717, 1.165) is 18.4 Å². The van der Waals surface area contributed by atoms with E-state index < -0.39 is 6.10 Å². The summed E-state index contributed by atoms with van der Waals surface area (Å²) in [5.74, 6) is -0.171. The minimum absolute atomic E-state index is 0.204. The van der Waals surface area contributed by atoms with Gasteiger partial charge in [-0.2, -0.15) is 0 Å². The van der Waals surface area contributed by atoms with Gasteiger partial charge in [-0.1, -0.05) is 0 Å². The molecule has 1 atom stereocenters. The average molecular weight is 320 g/mol. The SMILES string of the molecule is CN(CC(O)C1CC1)C(=O)c1csc(-c2ccc(F)cc2)n1. The van der Waals surface area contributed by atoms with E-state index >= 15 is 0 Å². The van der Waals surface area contributed by atoms with Crippen LogP contribution >= 0.6 is 11.3 Å². The molecule has 1 aromatic heterocycles. The Hall–Kier alpha value is -1.79. The second kappa shape index (κ2) is 6.14. The summed E-state index contributed by atoms with van der Waals surface area (Å²) in [6.07, 6.45) is 1.62. The van der Waals surface area contributed by atoms with Gasteiger partial charge in [-0.3, -0.25) is 4.79 Å². The highest BCUT2D eigenvalue weighted by Crippen LogP contribution is 2.33. The number of likely N-dealkylation sites (N-methyl/N-ethyl adjacent to an activating group) is 1. The van der Waals surface area contributed by atoms with Gasteiger partial charge in [-0.15, -0.1) is 11.3 Å². The van der Waals surface area contributed by atoms with Crippen molar-refractivity contribution in [3.05, 3.63) is 41.2 Å². The highest BCUT2D eigenvalue weighted by Gasteiger charge is 2.31. The molecule has 116 valence electrons. The fourth-order valence-electron chi connectivity index (χ4n) is 2.29.